The summed E-state index contributed by atoms with van der Waals surface area (Å²) in [6.07, 6.45) is 5.59. The molecule has 0 aromatic heterocycles. The Labute approximate surface area is 75.1 Å². The van der Waals surface area contributed by atoms with Crippen molar-refractivity contribution in [2.24, 2.45) is 5.92 Å². The fourth-order valence-corrected chi connectivity index (χ4v) is 2.56. The third kappa shape index (κ3) is 1.80. The predicted octanol–water partition coefficient (Wildman–Crippen LogP) is 1.13. The van der Waals surface area contributed by atoms with E-state index in [1.165, 1.54) is 38.8 Å². The van der Waals surface area contributed by atoms with Gasteiger partial charge >= 0.3 is 0 Å². The van der Waals surface area contributed by atoms with Gasteiger partial charge in [-0.2, -0.15) is 0 Å². The molecule has 2 saturated heterocycles. The summed E-state index contributed by atoms with van der Waals surface area (Å²) in [6, 6.07) is 1.56. The zero-order valence-corrected chi connectivity index (χ0v) is 7.97. The van der Waals surface area contributed by atoms with Crippen molar-refractivity contribution in [3.63, 3.8) is 0 Å². The maximum atomic E-state index is 3.64. The van der Waals surface area contributed by atoms with Gasteiger partial charge in [-0.1, -0.05) is 6.42 Å². The van der Waals surface area contributed by atoms with Crippen LogP contribution in [0.5, 0.6) is 0 Å². The molecule has 2 nitrogen and oxygen atoms in total. The largest absolute Gasteiger partial charge is 0.314 e. The van der Waals surface area contributed by atoms with Gasteiger partial charge in [0.2, 0.25) is 0 Å². The van der Waals surface area contributed by atoms with Crippen molar-refractivity contribution in [3.05, 3.63) is 0 Å². The Morgan fingerprint density at radius 1 is 1.17 bits per heavy atom. The zero-order chi connectivity index (χ0) is 8.39. The minimum absolute atomic E-state index is 0.749. The Hall–Kier alpha value is -0.0800. The van der Waals surface area contributed by atoms with E-state index in [2.05, 4.69) is 17.6 Å². The van der Waals surface area contributed by atoms with E-state index in [1.807, 2.05) is 0 Å². The molecule has 12 heavy (non-hydrogen) atoms. The van der Waals surface area contributed by atoms with E-state index >= 15 is 0 Å². The molecule has 70 valence electrons. The molecular formula is C10H20N2. The summed E-state index contributed by atoms with van der Waals surface area (Å²) in [6.45, 7) is 4.78. The lowest BCUT2D eigenvalue weighted by Crippen LogP contribution is -2.40. The summed E-state index contributed by atoms with van der Waals surface area (Å²) in [4.78, 5) is 0. The first-order valence-corrected chi connectivity index (χ1v) is 5.33. The average Bonchev–Trinajstić information content (AvgIpc) is 2.54. The monoisotopic (exact) mass is 168 g/mol. The van der Waals surface area contributed by atoms with Gasteiger partial charge in [0.05, 0.1) is 0 Å². The normalized spacial score (nSPS) is 43.2. The van der Waals surface area contributed by atoms with Crippen LogP contribution in [0.2, 0.25) is 0 Å². The van der Waals surface area contributed by atoms with Crippen molar-refractivity contribution < 1.29 is 0 Å². The second-order valence-electron chi connectivity index (χ2n) is 4.36. The van der Waals surface area contributed by atoms with Crippen molar-refractivity contribution >= 4 is 0 Å². The number of hydrogen-bond acceptors (Lipinski definition) is 2. The first-order valence-electron chi connectivity index (χ1n) is 5.33. The van der Waals surface area contributed by atoms with Gasteiger partial charge in [0.1, 0.15) is 0 Å². The van der Waals surface area contributed by atoms with E-state index in [-0.39, 0.29) is 0 Å². The van der Waals surface area contributed by atoms with E-state index in [1.54, 1.807) is 0 Å². The van der Waals surface area contributed by atoms with Gasteiger partial charge in [-0.15, -0.1) is 0 Å². The average molecular weight is 168 g/mol. The number of piperidine rings is 1. The van der Waals surface area contributed by atoms with Gasteiger partial charge in [-0.3, -0.25) is 0 Å². The molecule has 0 spiro atoms. The lowest BCUT2D eigenvalue weighted by atomic mass is 9.90. The van der Waals surface area contributed by atoms with Crippen LogP contribution in [0.1, 0.15) is 32.6 Å². The van der Waals surface area contributed by atoms with Gasteiger partial charge in [0, 0.05) is 12.1 Å². The zero-order valence-electron chi connectivity index (χ0n) is 7.97. The first-order chi connectivity index (χ1) is 5.86. The Kier molecular flexibility index (Phi) is 2.66. The summed E-state index contributed by atoms with van der Waals surface area (Å²) >= 11 is 0. The van der Waals surface area contributed by atoms with Crippen LogP contribution >= 0.6 is 0 Å². The summed E-state index contributed by atoms with van der Waals surface area (Å²) in [5.74, 6) is 0.903. The topological polar surface area (TPSA) is 24.1 Å². The van der Waals surface area contributed by atoms with E-state index in [9.17, 15) is 0 Å². The van der Waals surface area contributed by atoms with Crippen LogP contribution in [0, 0.1) is 5.92 Å². The maximum Gasteiger partial charge on any atom is 0.0108 e. The molecule has 0 radical (unpaired) electrons. The Morgan fingerprint density at radius 2 is 2.08 bits per heavy atom. The van der Waals surface area contributed by atoms with Crippen molar-refractivity contribution in [1.29, 1.82) is 0 Å². The first kappa shape index (κ1) is 8.52. The van der Waals surface area contributed by atoms with Gasteiger partial charge in [-0.05, 0) is 45.2 Å². The van der Waals surface area contributed by atoms with E-state index in [0.717, 1.165) is 18.0 Å². The lowest BCUT2D eigenvalue weighted by molar-refractivity contribution is 0.307. The number of hydrogen-bond donors (Lipinski definition) is 2. The van der Waals surface area contributed by atoms with E-state index < -0.39 is 0 Å². The van der Waals surface area contributed by atoms with E-state index in [4.69, 9.17) is 0 Å². The Bertz CT molecular complexity index is 138. The predicted molar refractivity (Wildman–Crippen MR) is 51.2 cm³/mol. The Morgan fingerprint density at radius 3 is 2.67 bits per heavy atom. The highest BCUT2D eigenvalue weighted by Crippen LogP contribution is 2.22. The van der Waals surface area contributed by atoms with Crippen LogP contribution in [0.25, 0.3) is 0 Å². The molecule has 3 unspecified atom stereocenters. The van der Waals surface area contributed by atoms with Crippen LogP contribution < -0.4 is 10.6 Å². The second-order valence-corrected chi connectivity index (χ2v) is 4.36. The van der Waals surface area contributed by atoms with Gasteiger partial charge in [0.15, 0.2) is 0 Å². The maximum absolute atomic E-state index is 3.64. The summed E-state index contributed by atoms with van der Waals surface area (Å²) in [5.41, 5.74) is 0. The quantitative estimate of drug-likeness (QED) is 0.613. The molecule has 2 aliphatic rings. The molecule has 2 rings (SSSR count). The fraction of sp³-hybridized carbons (Fsp3) is 1.00. The smallest absolute Gasteiger partial charge is 0.0108 e. The molecular weight excluding hydrogens is 148 g/mol. The molecule has 0 saturated carbocycles. The summed E-state index contributed by atoms with van der Waals surface area (Å²) in [7, 11) is 0. The number of rotatable bonds is 1. The highest BCUT2D eigenvalue weighted by Gasteiger charge is 2.28. The summed E-state index contributed by atoms with van der Waals surface area (Å²) in [5, 5.41) is 7.17. The molecule has 2 aliphatic heterocycles. The van der Waals surface area contributed by atoms with Crippen molar-refractivity contribution in [2.45, 2.75) is 44.7 Å². The molecule has 0 amide bonds. The second kappa shape index (κ2) is 3.75. The van der Waals surface area contributed by atoms with Crippen molar-refractivity contribution in [1.82, 2.24) is 10.6 Å². The lowest BCUT2D eigenvalue weighted by Gasteiger charge is -2.28. The third-order valence-corrected chi connectivity index (χ3v) is 3.30. The molecule has 0 aromatic carbocycles. The minimum atomic E-state index is 0.749. The summed E-state index contributed by atoms with van der Waals surface area (Å²) < 4.78 is 0. The van der Waals surface area contributed by atoms with Crippen LogP contribution in [-0.2, 0) is 0 Å². The highest BCUT2D eigenvalue weighted by molar-refractivity contribution is 4.88. The molecule has 2 heterocycles. The molecule has 0 aliphatic carbocycles. The van der Waals surface area contributed by atoms with Crippen LogP contribution in [0.4, 0.5) is 0 Å². The Balaban J connectivity index is 1.83. The minimum Gasteiger partial charge on any atom is -0.314 e. The molecule has 3 atom stereocenters. The standard InChI is InChI=1S/C10H20N2/c1-8-6-9(7-12-8)10-4-2-3-5-11-10/h8-12H,2-7H2,1H3. The molecule has 0 aromatic rings. The van der Waals surface area contributed by atoms with E-state index in [0.29, 0.717) is 0 Å². The molecule has 2 fully saturated rings. The van der Waals surface area contributed by atoms with Crippen LogP contribution in [0.15, 0.2) is 0 Å². The number of nitrogens with one attached hydrogen (secondary N) is 2. The van der Waals surface area contributed by atoms with Crippen LogP contribution in [-0.4, -0.2) is 25.2 Å². The van der Waals surface area contributed by atoms with Gasteiger partial charge < -0.3 is 10.6 Å². The van der Waals surface area contributed by atoms with Crippen molar-refractivity contribution in [3.8, 4) is 0 Å². The molecule has 2 heteroatoms. The third-order valence-electron chi connectivity index (χ3n) is 3.30. The van der Waals surface area contributed by atoms with Gasteiger partial charge in [0.25, 0.3) is 0 Å². The molecule has 2 N–H and O–H groups in total. The van der Waals surface area contributed by atoms with Gasteiger partial charge in [-0.25, -0.2) is 0 Å². The SMILES string of the molecule is CC1CC(C2CCCCN2)CN1. The van der Waals surface area contributed by atoms with Crippen molar-refractivity contribution in [2.75, 3.05) is 13.1 Å². The fourth-order valence-electron chi connectivity index (χ4n) is 2.56. The highest BCUT2D eigenvalue weighted by atomic mass is 15.0. The van der Waals surface area contributed by atoms with Crippen LogP contribution in [0.3, 0.4) is 0 Å². The molecule has 0 bridgehead atoms.